The summed E-state index contributed by atoms with van der Waals surface area (Å²) in [4.78, 5) is 10.4. The van der Waals surface area contributed by atoms with Crippen molar-refractivity contribution in [3.05, 3.63) is 35.9 Å². The zero-order chi connectivity index (χ0) is 12.0. The summed E-state index contributed by atoms with van der Waals surface area (Å²) in [5, 5.41) is 8.49. The number of rotatable bonds is 6. The third-order valence-corrected chi connectivity index (χ3v) is 3.05. The van der Waals surface area contributed by atoms with Gasteiger partial charge < -0.3 is 5.11 Å². The maximum atomic E-state index is 10.4. The average molecular weight is 241 g/mol. The van der Waals surface area contributed by atoms with Crippen molar-refractivity contribution < 1.29 is 9.90 Å². The van der Waals surface area contributed by atoms with E-state index in [1.807, 2.05) is 18.2 Å². The van der Waals surface area contributed by atoms with E-state index in [-0.39, 0.29) is 11.8 Å². The van der Waals surface area contributed by atoms with E-state index in [9.17, 15) is 4.79 Å². The Hall–Kier alpha value is -1.02. The molecule has 16 heavy (non-hydrogen) atoms. The Kier molecular flexibility index (Phi) is 5.33. The molecule has 0 bridgehead atoms. The molecule has 0 heterocycles. The molecule has 0 aliphatic heterocycles. The number of hydrogen-bond donors (Lipinski definition) is 1. The summed E-state index contributed by atoms with van der Waals surface area (Å²) >= 11 is 6.11. The van der Waals surface area contributed by atoms with Gasteiger partial charge in [-0.15, -0.1) is 11.6 Å². The van der Waals surface area contributed by atoms with Crippen molar-refractivity contribution in [3.63, 3.8) is 0 Å². The molecule has 2 unspecified atom stereocenters. The lowest BCUT2D eigenvalue weighted by Gasteiger charge is -2.15. The molecule has 0 saturated carbocycles. The molecule has 0 aliphatic rings. The fraction of sp³-hybridized carbons (Fsp3) is 0.462. The largest absolute Gasteiger partial charge is 0.481 e. The molecular weight excluding hydrogens is 224 g/mol. The van der Waals surface area contributed by atoms with Gasteiger partial charge in [-0.05, 0) is 24.3 Å². The second kappa shape index (κ2) is 6.54. The Morgan fingerprint density at radius 2 is 2.00 bits per heavy atom. The van der Waals surface area contributed by atoms with E-state index >= 15 is 0 Å². The molecule has 0 spiro atoms. The number of carboxylic acid groups (broad SMARTS) is 1. The predicted octanol–water partition coefficient (Wildman–Crippen LogP) is 3.65. The van der Waals surface area contributed by atoms with Gasteiger partial charge in [0.1, 0.15) is 0 Å². The number of halogens is 1. The van der Waals surface area contributed by atoms with E-state index in [2.05, 4.69) is 19.1 Å². The summed E-state index contributed by atoms with van der Waals surface area (Å²) in [6.07, 6.45) is 1.50. The van der Waals surface area contributed by atoms with Crippen LogP contribution in [0.15, 0.2) is 30.3 Å². The van der Waals surface area contributed by atoms with Crippen molar-refractivity contribution in [2.24, 2.45) is 0 Å². The minimum absolute atomic E-state index is 0.0636. The monoisotopic (exact) mass is 240 g/mol. The van der Waals surface area contributed by atoms with Gasteiger partial charge in [-0.2, -0.15) is 0 Å². The second-order valence-electron chi connectivity index (χ2n) is 4.08. The van der Waals surface area contributed by atoms with Crippen LogP contribution < -0.4 is 0 Å². The Balaban J connectivity index is 2.39. The molecule has 2 nitrogen and oxygen atoms in total. The molecule has 0 fully saturated rings. The van der Waals surface area contributed by atoms with Crippen molar-refractivity contribution in [1.29, 1.82) is 0 Å². The van der Waals surface area contributed by atoms with Gasteiger partial charge >= 0.3 is 5.97 Å². The summed E-state index contributed by atoms with van der Waals surface area (Å²) in [6, 6.07) is 10.1. The number of benzene rings is 1. The van der Waals surface area contributed by atoms with Gasteiger partial charge in [-0.25, -0.2) is 0 Å². The third-order valence-electron chi connectivity index (χ3n) is 2.65. The SMILES string of the molecule is CC(CC(Cl)CCC(=O)O)c1ccccc1. The van der Waals surface area contributed by atoms with Crippen LogP contribution in [0, 0.1) is 0 Å². The predicted molar refractivity (Wildman–Crippen MR) is 66.0 cm³/mol. The Morgan fingerprint density at radius 1 is 1.38 bits per heavy atom. The Bertz CT molecular complexity index is 324. The summed E-state index contributed by atoms with van der Waals surface area (Å²) in [6.45, 7) is 2.12. The number of carbonyl (C=O) groups is 1. The Morgan fingerprint density at radius 3 is 2.56 bits per heavy atom. The van der Waals surface area contributed by atoms with Crippen LogP contribution in [0.3, 0.4) is 0 Å². The number of hydrogen-bond acceptors (Lipinski definition) is 1. The molecule has 1 N–H and O–H groups in total. The number of carboxylic acids is 1. The molecule has 88 valence electrons. The highest BCUT2D eigenvalue weighted by Crippen LogP contribution is 2.24. The van der Waals surface area contributed by atoms with Crippen LogP contribution in [-0.2, 0) is 4.79 Å². The van der Waals surface area contributed by atoms with Crippen LogP contribution in [-0.4, -0.2) is 16.5 Å². The minimum Gasteiger partial charge on any atom is -0.481 e. The lowest BCUT2D eigenvalue weighted by Crippen LogP contribution is -2.07. The van der Waals surface area contributed by atoms with Crippen molar-refractivity contribution >= 4 is 17.6 Å². The van der Waals surface area contributed by atoms with E-state index in [0.717, 1.165) is 6.42 Å². The first-order valence-electron chi connectivity index (χ1n) is 5.50. The third kappa shape index (κ3) is 4.67. The molecule has 1 aromatic rings. The van der Waals surface area contributed by atoms with E-state index < -0.39 is 5.97 Å². The molecule has 0 aromatic heterocycles. The molecule has 1 aromatic carbocycles. The first-order valence-corrected chi connectivity index (χ1v) is 5.94. The lowest BCUT2D eigenvalue weighted by molar-refractivity contribution is -0.137. The minimum atomic E-state index is -0.780. The van der Waals surface area contributed by atoms with Gasteiger partial charge in [0.25, 0.3) is 0 Å². The smallest absolute Gasteiger partial charge is 0.303 e. The Labute approximate surface area is 101 Å². The lowest BCUT2D eigenvalue weighted by atomic mass is 9.95. The zero-order valence-corrected chi connectivity index (χ0v) is 10.2. The fourth-order valence-corrected chi connectivity index (χ4v) is 2.08. The second-order valence-corrected chi connectivity index (χ2v) is 4.69. The summed E-state index contributed by atoms with van der Waals surface area (Å²) in [5.41, 5.74) is 1.25. The fourth-order valence-electron chi connectivity index (χ4n) is 1.70. The highest BCUT2D eigenvalue weighted by Gasteiger charge is 2.13. The molecular formula is C13H17ClO2. The molecule has 0 amide bonds. The molecule has 1 rings (SSSR count). The van der Waals surface area contributed by atoms with Crippen molar-refractivity contribution in [3.8, 4) is 0 Å². The van der Waals surface area contributed by atoms with Crippen molar-refractivity contribution in [2.45, 2.75) is 37.5 Å². The first kappa shape index (κ1) is 13.0. The standard InChI is InChI=1S/C13H17ClO2/c1-10(11-5-3-2-4-6-11)9-12(14)7-8-13(15)16/h2-6,10,12H,7-9H2,1H3,(H,15,16). The maximum absolute atomic E-state index is 10.4. The van der Waals surface area contributed by atoms with Gasteiger partial charge in [-0.3, -0.25) is 4.79 Å². The van der Waals surface area contributed by atoms with Gasteiger partial charge in [0.2, 0.25) is 0 Å². The van der Waals surface area contributed by atoms with Gasteiger partial charge in [0.15, 0.2) is 0 Å². The topological polar surface area (TPSA) is 37.3 Å². The van der Waals surface area contributed by atoms with E-state index in [0.29, 0.717) is 12.3 Å². The van der Waals surface area contributed by atoms with Gasteiger partial charge in [-0.1, -0.05) is 37.3 Å². The van der Waals surface area contributed by atoms with Gasteiger partial charge in [0.05, 0.1) is 0 Å². The normalized spacial score (nSPS) is 14.4. The zero-order valence-electron chi connectivity index (χ0n) is 9.40. The molecule has 0 radical (unpaired) electrons. The summed E-state index contributed by atoms with van der Waals surface area (Å²) in [5.74, 6) is -0.407. The van der Waals surface area contributed by atoms with E-state index in [1.165, 1.54) is 5.56 Å². The summed E-state index contributed by atoms with van der Waals surface area (Å²) in [7, 11) is 0. The highest BCUT2D eigenvalue weighted by molar-refractivity contribution is 6.20. The molecule has 0 aliphatic carbocycles. The molecule has 3 heteroatoms. The molecule has 2 atom stereocenters. The number of aliphatic carboxylic acids is 1. The van der Waals surface area contributed by atoms with Crippen LogP contribution in [0.5, 0.6) is 0 Å². The van der Waals surface area contributed by atoms with Crippen LogP contribution in [0.4, 0.5) is 0 Å². The maximum Gasteiger partial charge on any atom is 0.303 e. The molecule has 0 saturated heterocycles. The highest BCUT2D eigenvalue weighted by atomic mass is 35.5. The quantitative estimate of drug-likeness (QED) is 0.771. The summed E-state index contributed by atoms with van der Waals surface area (Å²) < 4.78 is 0. The van der Waals surface area contributed by atoms with Crippen molar-refractivity contribution in [1.82, 2.24) is 0 Å². The van der Waals surface area contributed by atoms with E-state index in [4.69, 9.17) is 16.7 Å². The average Bonchev–Trinajstić information content (AvgIpc) is 2.27. The van der Waals surface area contributed by atoms with Crippen LogP contribution in [0.1, 0.15) is 37.7 Å². The first-order chi connectivity index (χ1) is 7.59. The van der Waals surface area contributed by atoms with Crippen LogP contribution in [0.25, 0.3) is 0 Å². The number of alkyl halides is 1. The van der Waals surface area contributed by atoms with Crippen LogP contribution >= 0.6 is 11.6 Å². The van der Waals surface area contributed by atoms with Crippen LogP contribution in [0.2, 0.25) is 0 Å². The van der Waals surface area contributed by atoms with E-state index in [1.54, 1.807) is 0 Å². The van der Waals surface area contributed by atoms with Crippen molar-refractivity contribution in [2.75, 3.05) is 0 Å². The van der Waals surface area contributed by atoms with Gasteiger partial charge in [0, 0.05) is 11.8 Å².